The van der Waals surface area contributed by atoms with Crippen molar-refractivity contribution < 1.29 is 9.52 Å². The maximum absolute atomic E-state index is 9.39. The van der Waals surface area contributed by atoms with Crippen LogP contribution in [0.5, 0.6) is 0 Å². The van der Waals surface area contributed by atoms with Crippen molar-refractivity contribution in [2.45, 2.75) is 43.3 Å². The molecule has 1 aromatic heterocycles. The third-order valence-electron chi connectivity index (χ3n) is 2.68. The van der Waals surface area contributed by atoms with Crippen LogP contribution in [0.25, 0.3) is 0 Å². The first-order chi connectivity index (χ1) is 6.79. The van der Waals surface area contributed by atoms with Crippen molar-refractivity contribution in [3.05, 3.63) is 23.7 Å². The van der Waals surface area contributed by atoms with E-state index in [4.69, 9.17) is 4.42 Å². The highest BCUT2D eigenvalue weighted by molar-refractivity contribution is 7.99. The summed E-state index contributed by atoms with van der Waals surface area (Å²) < 4.78 is 5.58. The van der Waals surface area contributed by atoms with Gasteiger partial charge in [-0.15, -0.1) is 11.8 Å². The highest BCUT2D eigenvalue weighted by Crippen LogP contribution is 2.33. The van der Waals surface area contributed by atoms with Crippen molar-refractivity contribution in [2.75, 3.05) is 0 Å². The fourth-order valence-electron chi connectivity index (χ4n) is 1.53. The van der Waals surface area contributed by atoms with Gasteiger partial charge in [0, 0.05) is 11.7 Å². The number of aliphatic hydroxyl groups is 1. The van der Waals surface area contributed by atoms with Gasteiger partial charge in [0.05, 0.1) is 11.9 Å². The van der Waals surface area contributed by atoms with Gasteiger partial charge in [0.15, 0.2) is 0 Å². The third kappa shape index (κ3) is 2.15. The molecular formula is C11H16O2S. The Morgan fingerprint density at radius 2 is 2.21 bits per heavy atom. The second-order valence-corrected chi connectivity index (χ2v) is 4.94. The minimum Gasteiger partial charge on any atom is -0.465 e. The van der Waals surface area contributed by atoms with Gasteiger partial charge < -0.3 is 9.52 Å². The van der Waals surface area contributed by atoms with E-state index in [-0.39, 0.29) is 6.10 Å². The van der Waals surface area contributed by atoms with Crippen LogP contribution in [0.2, 0.25) is 0 Å². The third-order valence-corrected chi connectivity index (χ3v) is 4.11. The van der Waals surface area contributed by atoms with Gasteiger partial charge in [0.25, 0.3) is 0 Å². The molecule has 1 N–H and O–H groups in total. The van der Waals surface area contributed by atoms with Crippen molar-refractivity contribution >= 4 is 11.8 Å². The van der Waals surface area contributed by atoms with Crippen molar-refractivity contribution in [1.82, 2.24) is 0 Å². The summed E-state index contributed by atoms with van der Waals surface area (Å²) in [7, 11) is 0. The van der Waals surface area contributed by atoms with Gasteiger partial charge in [-0.3, -0.25) is 0 Å². The fraction of sp³-hybridized carbons (Fsp3) is 0.636. The first-order valence-corrected chi connectivity index (χ1v) is 6.21. The average molecular weight is 212 g/mol. The van der Waals surface area contributed by atoms with Gasteiger partial charge >= 0.3 is 0 Å². The van der Waals surface area contributed by atoms with E-state index in [1.54, 1.807) is 11.8 Å². The molecule has 0 aromatic carbocycles. The fourth-order valence-corrected chi connectivity index (χ4v) is 2.72. The molecule has 1 saturated carbocycles. The highest BCUT2D eigenvalue weighted by Gasteiger charge is 2.29. The summed E-state index contributed by atoms with van der Waals surface area (Å²) in [5.41, 5.74) is 0. The summed E-state index contributed by atoms with van der Waals surface area (Å²) >= 11 is 1.80. The predicted molar refractivity (Wildman–Crippen MR) is 58.4 cm³/mol. The second-order valence-electron chi connectivity index (χ2n) is 3.72. The molecule has 2 nitrogen and oxygen atoms in total. The van der Waals surface area contributed by atoms with E-state index in [9.17, 15) is 5.11 Å². The SMILES string of the molecule is CCc1ccc(CS[C@@H]2CC[C@H]2O)o1. The highest BCUT2D eigenvalue weighted by atomic mass is 32.2. The standard InChI is InChI=1S/C11H16O2S/c1-2-8-3-4-9(13-8)7-14-11-6-5-10(11)12/h3-4,10-12H,2,5-7H2,1H3/t10-,11-/m1/s1. The Kier molecular flexibility index (Phi) is 3.19. The average Bonchev–Trinajstić information content (AvgIpc) is 2.64. The largest absolute Gasteiger partial charge is 0.465 e. The van der Waals surface area contributed by atoms with Gasteiger partial charge in [-0.25, -0.2) is 0 Å². The number of thioether (sulfide) groups is 1. The predicted octanol–water partition coefficient (Wildman–Crippen LogP) is 2.60. The number of aryl methyl sites for hydroxylation is 1. The number of hydrogen-bond acceptors (Lipinski definition) is 3. The lowest BCUT2D eigenvalue weighted by Gasteiger charge is -2.31. The zero-order valence-electron chi connectivity index (χ0n) is 8.40. The molecule has 1 aromatic rings. The zero-order chi connectivity index (χ0) is 9.97. The van der Waals surface area contributed by atoms with Gasteiger partial charge in [-0.05, 0) is 25.0 Å². The quantitative estimate of drug-likeness (QED) is 0.833. The number of furan rings is 1. The molecular weight excluding hydrogens is 196 g/mol. The lowest BCUT2D eigenvalue weighted by molar-refractivity contribution is 0.103. The van der Waals surface area contributed by atoms with Crippen molar-refractivity contribution in [3.63, 3.8) is 0 Å². The number of aliphatic hydroxyl groups excluding tert-OH is 1. The smallest absolute Gasteiger partial charge is 0.114 e. The van der Waals surface area contributed by atoms with Crippen LogP contribution in [0, 0.1) is 0 Å². The van der Waals surface area contributed by atoms with Crippen LogP contribution in [0.3, 0.4) is 0 Å². The van der Waals surface area contributed by atoms with E-state index in [1.165, 1.54) is 0 Å². The second kappa shape index (κ2) is 4.41. The Hall–Kier alpha value is -0.410. The van der Waals surface area contributed by atoms with Crippen LogP contribution in [0.1, 0.15) is 31.3 Å². The molecule has 2 rings (SSSR count). The van der Waals surface area contributed by atoms with E-state index in [2.05, 4.69) is 6.92 Å². The number of hydrogen-bond donors (Lipinski definition) is 1. The molecule has 3 heteroatoms. The van der Waals surface area contributed by atoms with E-state index in [0.717, 1.165) is 36.5 Å². The molecule has 0 unspecified atom stereocenters. The Bertz CT molecular complexity index is 295. The zero-order valence-corrected chi connectivity index (χ0v) is 9.22. The number of rotatable bonds is 4. The molecule has 1 aliphatic rings. The summed E-state index contributed by atoms with van der Waals surface area (Å²) in [4.78, 5) is 0. The minimum absolute atomic E-state index is 0.0828. The van der Waals surface area contributed by atoms with Crippen LogP contribution in [-0.4, -0.2) is 16.5 Å². The molecule has 0 bridgehead atoms. The monoisotopic (exact) mass is 212 g/mol. The molecule has 14 heavy (non-hydrogen) atoms. The lowest BCUT2D eigenvalue weighted by atomic mass is 9.96. The molecule has 1 aliphatic carbocycles. The Balaban J connectivity index is 1.79. The lowest BCUT2D eigenvalue weighted by Crippen LogP contribution is -2.33. The maximum Gasteiger partial charge on any atom is 0.114 e. The summed E-state index contributed by atoms with van der Waals surface area (Å²) in [5.74, 6) is 2.97. The van der Waals surface area contributed by atoms with Gasteiger partial charge in [-0.2, -0.15) is 0 Å². The van der Waals surface area contributed by atoms with E-state index < -0.39 is 0 Å². The Morgan fingerprint density at radius 3 is 2.71 bits per heavy atom. The molecule has 2 atom stereocenters. The molecule has 1 fully saturated rings. The van der Waals surface area contributed by atoms with E-state index in [0.29, 0.717) is 5.25 Å². The van der Waals surface area contributed by atoms with Crippen LogP contribution >= 0.6 is 11.8 Å². The molecule has 0 aliphatic heterocycles. The summed E-state index contributed by atoms with van der Waals surface area (Å²) in [6, 6.07) is 4.07. The first-order valence-electron chi connectivity index (χ1n) is 5.17. The van der Waals surface area contributed by atoms with Crippen LogP contribution in [0.15, 0.2) is 16.5 Å². The Labute approximate surface area is 88.7 Å². The van der Waals surface area contributed by atoms with Crippen LogP contribution < -0.4 is 0 Å². The van der Waals surface area contributed by atoms with Gasteiger partial charge in [-0.1, -0.05) is 6.92 Å². The molecule has 0 amide bonds. The van der Waals surface area contributed by atoms with Gasteiger partial charge in [0.1, 0.15) is 11.5 Å². The first kappa shape index (κ1) is 10.1. The van der Waals surface area contributed by atoms with Crippen LogP contribution in [0.4, 0.5) is 0 Å². The topological polar surface area (TPSA) is 33.4 Å². The van der Waals surface area contributed by atoms with Gasteiger partial charge in [0.2, 0.25) is 0 Å². The summed E-state index contributed by atoms with van der Waals surface area (Å²) in [6.45, 7) is 2.09. The maximum atomic E-state index is 9.39. The van der Waals surface area contributed by atoms with Crippen molar-refractivity contribution in [2.24, 2.45) is 0 Å². The summed E-state index contributed by atoms with van der Waals surface area (Å²) in [6.07, 6.45) is 2.99. The van der Waals surface area contributed by atoms with E-state index >= 15 is 0 Å². The molecule has 0 saturated heterocycles. The molecule has 0 spiro atoms. The minimum atomic E-state index is -0.0828. The molecule has 78 valence electrons. The Morgan fingerprint density at radius 1 is 1.43 bits per heavy atom. The summed E-state index contributed by atoms with van der Waals surface area (Å²) in [5, 5.41) is 9.82. The van der Waals surface area contributed by atoms with Crippen molar-refractivity contribution in [1.29, 1.82) is 0 Å². The van der Waals surface area contributed by atoms with E-state index in [1.807, 2.05) is 12.1 Å². The van der Waals surface area contributed by atoms with Crippen molar-refractivity contribution in [3.8, 4) is 0 Å². The van der Waals surface area contributed by atoms with Crippen LogP contribution in [-0.2, 0) is 12.2 Å². The molecule has 0 radical (unpaired) electrons. The normalized spacial score (nSPS) is 26.1. The molecule has 1 heterocycles.